The summed E-state index contributed by atoms with van der Waals surface area (Å²) < 4.78 is 10.4. The molecular formula is C11H11NO5. The average Bonchev–Trinajstić information content (AvgIpc) is 2.75. The number of fused-ring (bicyclic) bond motifs is 1. The van der Waals surface area contributed by atoms with E-state index >= 15 is 0 Å². The number of hydrogen-bond donors (Lipinski definition) is 1. The lowest BCUT2D eigenvalue weighted by Gasteiger charge is -2.02. The second kappa shape index (κ2) is 4.73. The summed E-state index contributed by atoms with van der Waals surface area (Å²) in [6.07, 6.45) is 0. The quantitative estimate of drug-likeness (QED) is 0.629. The van der Waals surface area contributed by atoms with Gasteiger partial charge in [0.25, 0.3) is 0 Å². The number of carboxylic acids is 1. The molecular weight excluding hydrogens is 226 g/mol. The minimum atomic E-state index is -1.06. The Kier molecular flexibility index (Phi) is 3.13. The van der Waals surface area contributed by atoms with Crippen LogP contribution in [-0.2, 0) is 9.63 Å². The van der Waals surface area contributed by atoms with Gasteiger partial charge < -0.3 is 19.4 Å². The van der Waals surface area contributed by atoms with Gasteiger partial charge in [0.1, 0.15) is 0 Å². The van der Waals surface area contributed by atoms with Crippen molar-refractivity contribution in [3.05, 3.63) is 23.8 Å². The fourth-order valence-corrected chi connectivity index (χ4v) is 1.36. The van der Waals surface area contributed by atoms with E-state index in [0.717, 1.165) is 5.56 Å². The van der Waals surface area contributed by atoms with Gasteiger partial charge in [0.2, 0.25) is 13.4 Å². The highest BCUT2D eigenvalue weighted by Crippen LogP contribution is 2.32. The molecule has 0 bridgehead atoms. The van der Waals surface area contributed by atoms with Crippen LogP contribution in [0.1, 0.15) is 12.5 Å². The number of rotatable bonds is 4. The first-order valence-corrected chi connectivity index (χ1v) is 4.95. The van der Waals surface area contributed by atoms with Gasteiger partial charge in [-0.1, -0.05) is 5.16 Å². The summed E-state index contributed by atoms with van der Waals surface area (Å²) >= 11 is 0. The lowest BCUT2D eigenvalue weighted by molar-refractivity contribution is -0.142. The molecule has 1 aliphatic rings. The number of nitrogens with zero attached hydrogens (tertiary/aromatic N) is 1. The number of benzene rings is 1. The Morgan fingerprint density at radius 3 is 3.00 bits per heavy atom. The third-order valence-electron chi connectivity index (χ3n) is 2.18. The smallest absolute Gasteiger partial charge is 0.344 e. The molecule has 0 aromatic heterocycles. The van der Waals surface area contributed by atoms with E-state index in [-0.39, 0.29) is 6.79 Å². The third-order valence-corrected chi connectivity index (χ3v) is 2.18. The Labute approximate surface area is 97.4 Å². The first-order valence-electron chi connectivity index (χ1n) is 4.95. The second-order valence-corrected chi connectivity index (χ2v) is 3.41. The predicted octanol–water partition coefficient (Wildman–Crippen LogP) is 1.24. The first-order chi connectivity index (χ1) is 8.16. The van der Waals surface area contributed by atoms with Crippen LogP contribution in [0, 0.1) is 0 Å². The van der Waals surface area contributed by atoms with Crippen LogP contribution in [-0.4, -0.2) is 30.2 Å². The predicted molar refractivity (Wildman–Crippen MR) is 58.4 cm³/mol. The molecule has 0 atom stereocenters. The van der Waals surface area contributed by atoms with Crippen molar-refractivity contribution in [2.45, 2.75) is 6.92 Å². The van der Waals surface area contributed by atoms with E-state index in [9.17, 15) is 4.79 Å². The van der Waals surface area contributed by atoms with E-state index in [0.29, 0.717) is 17.2 Å². The molecule has 1 heterocycles. The number of carboxylic acid groups (broad SMARTS) is 1. The molecule has 2 rings (SSSR count). The molecule has 0 saturated carbocycles. The van der Waals surface area contributed by atoms with Crippen molar-refractivity contribution >= 4 is 11.7 Å². The van der Waals surface area contributed by atoms with Crippen LogP contribution in [0.25, 0.3) is 0 Å². The van der Waals surface area contributed by atoms with Crippen LogP contribution in [0.3, 0.4) is 0 Å². The van der Waals surface area contributed by atoms with Gasteiger partial charge in [-0.2, -0.15) is 0 Å². The number of aliphatic carboxylic acids is 1. The molecule has 0 fully saturated rings. The Morgan fingerprint density at radius 1 is 1.47 bits per heavy atom. The molecule has 0 aliphatic carbocycles. The van der Waals surface area contributed by atoms with Gasteiger partial charge >= 0.3 is 5.97 Å². The van der Waals surface area contributed by atoms with Crippen LogP contribution in [0.2, 0.25) is 0 Å². The van der Waals surface area contributed by atoms with Crippen LogP contribution < -0.4 is 9.47 Å². The van der Waals surface area contributed by atoms with Gasteiger partial charge in [0.05, 0.1) is 5.71 Å². The molecule has 90 valence electrons. The fraction of sp³-hybridized carbons (Fsp3) is 0.273. The van der Waals surface area contributed by atoms with Gasteiger partial charge in [0.15, 0.2) is 11.5 Å². The average molecular weight is 237 g/mol. The first kappa shape index (κ1) is 11.3. The summed E-state index contributed by atoms with van der Waals surface area (Å²) in [6.45, 7) is 1.48. The highest BCUT2D eigenvalue weighted by molar-refractivity contribution is 5.98. The van der Waals surface area contributed by atoms with Gasteiger partial charge in [-0.25, -0.2) is 4.79 Å². The summed E-state index contributed by atoms with van der Waals surface area (Å²) in [5, 5.41) is 12.1. The summed E-state index contributed by atoms with van der Waals surface area (Å²) in [4.78, 5) is 14.9. The van der Waals surface area contributed by atoms with E-state index in [1.54, 1.807) is 25.1 Å². The number of hydrogen-bond acceptors (Lipinski definition) is 5. The van der Waals surface area contributed by atoms with E-state index in [1.807, 2.05) is 0 Å². The molecule has 6 nitrogen and oxygen atoms in total. The molecule has 1 aromatic carbocycles. The number of ether oxygens (including phenoxy) is 2. The Morgan fingerprint density at radius 2 is 2.24 bits per heavy atom. The molecule has 0 saturated heterocycles. The van der Waals surface area contributed by atoms with E-state index in [2.05, 4.69) is 9.99 Å². The Bertz CT molecular complexity index is 469. The largest absolute Gasteiger partial charge is 0.479 e. The van der Waals surface area contributed by atoms with Crippen molar-refractivity contribution in [2.24, 2.45) is 5.16 Å². The fourth-order valence-electron chi connectivity index (χ4n) is 1.36. The lowest BCUT2D eigenvalue weighted by atomic mass is 10.1. The van der Waals surface area contributed by atoms with Gasteiger partial charge in [0, 0.05) is 5.56 Å². The van der Waals surface area contributed by atoms with Crippen LogP contribution in [0.15, 0.2) is 23.4 Å². The van der Waals surface area contributed by atoms with Crippen LogP contribution >= 0.6 is 0 Å². The molecule has 6 heteroatoms. The highest BCUT2D eigenvalue weighted by Gasteiger charge is 2.14. The normalized spacial score (nSPS) is 13.6. The van der Waals surface area contributed by atoms with Crippen LogP contribution in [0.5, 0.6) is 11.5 Å². The molecule has 1 N–H and O–H groups in total. The molecule has 1 aliphatic heterocycles. The van der Waals surface area contributed by atoms with Crippen molar-refractivity contribution in [1.29, 1.82) is 0 Å². The van der Waals surface area contributed by atoms with E-state index < -0.39 is 12.6 Å². The van der Waals surface area contributed by atoms with Gasteiger partial charge in [-0.3, -0.25) is 0 Å². The van der Waals surface area contributed by atoms with E-state index in [4.69, 9.17) is 14.6 Å². The maximum atomic E-state index is 10.2. The summed E-state index contributed by atoms with van der Waals surface area (Å²) in [7, 11) is 0. The zero-order valence-corrected chi connectivity index (χ0v) is 9.17. The topological polar surface area (TPSA) is 77.4 Å². The third kappa shape index (κ3) is 2.66. The zero-order chi connectivity index (χ0) is 12.3. The Hall–Kier alpha value is -2.24. The lowest BCUT2D eigenvalue weighted by Crippen LogP contribution is -2.05. The molecule has 17 heavy (non-hydrogen) atoms. The summed E-state index contributed by atoms with van der Waals surface area (Å²) in [6, 6.07) is 5.34. The molecule has 0 amide bonds. The monoisotopic (exact) mass is 237 g/mol. The minimum absolute atomic E-state index is 0.213. The molecule has 0 unspecified atom stereocenters. The standard InChI is InChI=1S/C11H11NO5/c1-7(12-17-5-11(13)14)8-2-3-9-10(4-8)16-6-15-9/h2-4H,5-6H2,1H3,(H,13,14). The summed E-state index contributed by atoms with van der Waals surface area (Å²) in [5.41, 5.74) is 1.36. The SMILES string of the molecule is CC(=NOCC(=O)O)c1ccc2c(c1)OCO2. The van der Waals surface area contributed by atoms with Crippen molar-refractivity contribution < 1.29 is 24.2 Å². The minimum Gasteiger partial charge on any atom is -0.479 e. The van der Waals surface area contributed by atoms with E-state index in [1.165, 1.54) is 0 Å². The van der Waals surface area contributed by atoms with Crippen LogP contribution in [0.4, 0.5) is 0 Å². The molecule has 0 spiro atoms. The second-order valence-electron chi connectivity index (χ2n) is 3.41. The van der Waals surface area contributed by atoms with Crippen molar-refractivity contribution in [3.8, 4) is 11.5 Å². The van der Waals surface area contributed by atoms with Gasteiger partial charge in [-0.15, -0.1) is 0 Å². The van der Waals surface area contributed by atoms with Gasteiger partial charge in [-0.05, 0) is 25.1 Å². The molecule has 1 aromatic rings. The Balaban J connectivity index is 2.08. The maximum absolute atomic E-state index is 10.2. The number of carbonyl (C=O) groups is 1. The maximum Gasteiger partial charge on any atom is 0.344 e. The zero-order valence-electron chi connectivity index (χ0n) is 9.17. The van der Waals surface area contributed by atoms with Crippen molar-refractivity contribution in [2.75, 3.05) is 13.4 Å². The number of oxime groups is 1. The van der Waals surface area contributed by atoms with Crippen molar-refractivity contribution in [3.63, 3.8) is 0 Å². The molecule has 0 radical (unpaired) electrons. The summed E-state index contributed by atoms with van der Waals surface area (Å²) in [5.74, 6) is 0.274. The van der Waals surface area contributed by atoms with Crippen molar-refractivity contribution in [1.82, 2.24) is 0 Å². The highest BCUT2D eigenvalue weighted by atomic mass is 16.7.